The Bertz CT molecular complexity index is 244. The maximum atomic E-state index is 11.7. The lowest BCUT2D eigenvalue weighted by atomic mass is 9.58. The molecular formula is C13H20O. The topological polar surface area (TPSA) is 17.1 Å². The van der Waals surface area contributed by atoms with Crippen molar-refractivity contribution in [2.75, 3.05) is 0 Å². The lowest BCUT2D eigenvalue weighted by Gasteiger charge is -2.43. The maximum absolute atomic E-state index is 11.7. The number of rotatable bonds is 5. The molecule has 0 amide bonds. The molecule has 0 aliphatic heterocycles. The molecular weight excluding hydrogens is 172 g/mol. The quantitative estimate of drug-likeness (QED) is 0.481. The molecule has 0 heterocycles. The zero-order chi connectivity index (χ0) is 10.0. The Morgan fingerprint density at radius 3 is 3.00 bits per heavy atom. The molecule has 0 aromatic rings. The van der Waals surface area contributed by atoms with Gasteiger partial charge in [-0.2, -0.15) is 0 Å². The van der Waals surface area contributed by atoms with Gasteiger partial charge >= 0.3 is 0 Å². The Labute approximate surface area is 86.6 Å². The molecule has 0 radical (unpaired) electrons. The molecule has 2 rings (SSSR count). The van der Waals surface area contributed by atoms with Crippen LogP contribution in [0.25, 0.3) is 0 Å². The SMILES string of the molecule is C=CCCCCC12CCCC1CC2=O. The lowest BCUT2D eigenvalue weighted by Crippen LogP contribution is -2.46. The van der Waals surface area contributed by atoms with E-state index < -0.39 is 0 Å². The van der Waals surface area contributed by atoms with E-state index in [9.17, 15) is 4.79 Å². The summed E-state index contributed by atoms with van der Waals surface area (Å²) in [5, 5.41) is 0. The summed E-state index contributed by atoms with van der Waals surface area (Å²) in [6, 6.07) is 0. The van der Waals surface area contributed by atoms with Gasteiger partial charge in [0.25, 0.3) is 0 Å². The van der Waals surface area contributed by atoms with Gasteiger partial charge in [-0.25, -0.2) is 0 Å². The lowest BCUT2D eigenvalue weighted by molar-refractivity contribution is -0.144. The van der Waals surface area contributed by atoms with Crippen LogP contribution in [0, 0.1) is 11.3 Å². The zero-order valence-electron chi connectivity index (χ0n) is 8.93. The second-order valence-electron chi connectivity index (χ2n) is 4.91. The van der Waals surface area contributed by atoms with Crippen molar-refractivity contribution < 1.29 is 4.79 Å². The number of carbonyl (C=O) groups is 1. The highest BCUT2D eigenvalue weighted by Crippen LogP contribution is 2.57. The molecule has 0 saturated heterocycles. The van der Waals surface area contributed by atoms with E-state index in [0.717, 1.165) is 25.2 Å². The van der Waals surface area contributed by atoms with Gasteiger partial charge in [-0.05, 0) is 38.0 Å². The molecule has 0 aromatic heterocycles. The fraction of sp³-hybridized carbons (Fsp3) is 0.769. The van der Waals surface area contributed by atoms with Crippen LogP contribution >= 0.6 is 0 Å². The third-order valence-electron chi connectivity index (χ3n) is 4.23. The molecule has 1 heteroatoms. The smallest absolute Gasteiger partial charge is 0.139 e. The summed E-state index contributed by atoms with van der Waals surface area (Å²) in [5.41, 5.74) is 0.168. The van der Waals surface area contributed by atoms with Crippen molar-refractivity contribution in [2.45, 2.75) is 51.4 Å². The molecule has 14 heavy (non-hydrogen) atoms. The number of hydrogen-bond donors (Lipinski definition) is 0. The van der Waals surface area contributed by atoms with Crippen LogP contribution in [0.2, 0.25) is 0 Å². The van der Waals surface area contributed by atoms with Gasteiger partial charge in [0.15, 0.2) is 0 Å². The summed E-state index contributed by atoms with van der Waals surface area (Å²) in [7, 11) is 0. The van der Waals surface area contributed by atoms with Crippen molar-refractivity contribution in [3.05, 3.63) is 12.7 Å². The number of carbonyl (C=O) groups excluding carboxylic acids is 1. The number of hydrogen-bond acceptors (Lipinski definition) is 1. The summed E-state index contributed by atoms with van der Waals surface area (Å²) in [6.07, 6.45) is 11.3. The molecule has 0 spiro atoms. The standard InChI is InChI=1S/C13H20O/c1-2-3-4-5-8-13-9-6-7-11(13)10-12(13)14/h2,11H,1,3-10H2. The molecule has 2 fully saturated rings. The van der Waals surface area contributed by atoms with E-state index >= 15 is 0 Å². The maximum Gasteiger partial charge on any atom is 0.139 e. The second kappa shape index (κ2) is 3.88. The minimum Gasteiger partial charge on any atom is -0.299 e. The first-order valence-electron chi connectivity index (χ1n) is 5.94. The van der Waals surface area contributed by atoms with Gasteiger partial charge < -0.3 is 0 Å². The van der Waals surface area contributed by atoms with E-state index in [2.05, 4.69) is 6.58 Å². The van der Waals surface area contributed by atoms with E-state index in [0.29, 0.717) is 5.78 Å². The number of unbranched alkanes of at least 4 members (excludes halogenated alkanes) is 2. The zero-order valence-corrected chi connectivity index (χ0v) is 8.93. The van der Waals surface area contributed by atoms with Gasteiger partial charge in [-0.1, -0.05) is 18.9 Å². The highest BCUT2D eigenvalue weighted by Gasteiger charge is 2.55. The van der Waals surface area contributed by atoms with E-state index in [4.69, 9.17) is 0 Å². The van der Waals surface area contributed by atoms with Gasteiger partial charge in [-0.15, -0.1) is 6.58 Å². The minimum atomic E-state index is 0.168. The molecule has 0 aromatic carbocycles. The van der Waals surface area contributed by atoms with Crippen LogP contribution in [-0.2, 0) is 4.79 Å². The predicted molar refractivity (Wildman–Crippen MR) is 58.1 cm³/mol. The number of ketones is 1. The van der Waals surface area contributed by atoms with Crippen molar-refractivity contribution >= 4 is 5.78 Å². The summed E-state index contributed by atoms with van der Waals surface area (Å²) >= 11 is 0. The van der Waals surface area contributed by atoms with Crippen LogP contribution in [0.3, 0.4) is 0 Å². The van der Waals surface area contributed by atoms with Gasteiger partial charge in [0.05, 0.1) is 0 Å². The van der Waals surface area contributed by atoms with Crippen LogP contribution in [0.1, 0.15) is 51.4 Å². The van der Waals surface area contributed by atoms with Crippen LogP contribution in [0.15, 0.2) is 12.7 Å². The van der Waals surface area contributed by atoms with Gasteiger partial charge in [-0.3, -0.25) is 4.79 Å². The first kappa shape index (κ1) is 9.95. The van der Waals surface area contributed by atoms with Crippen molar-refractivity contribution in [3.8, 4) is 0 Å². The molecule has 0 bridgehead atoms. The minimum absolute atomic E-state index is 0.168. The molecule has 0 N–H and O–H groups in total. The molecule has 1 nitrogen and oxygen atoms in total. The van der Waals surface area contributed by atoms with E-state index in [1.165, 1.54) is 32.1 Å². The summed E-state index contributed by atoms with van der Waals surface area (Å²) < 4.78 is 0. The Balaban J connectivity index is 1.83. The Hall–Kier alpha value is -0.590. The van der Waals surface area contributed by atoms with Gasteiger partial charge in [0, 0.05) is 11.8 Å². The van der Waals surface area contributed by atoms with Crippen LogP contribution < -0.4 is 0 Å². The highest BCUT2D eigenvalue weighted by atomic mass is 16.1. The molecule has 2 atom stereocenters. The van der Waals surface area contributed by atoms with Crippen molar-refractivity contribution in [1.29, 1.82) is 0 Å². The summed E-state index contributed by atoms with van der Waals surface area (Å²) in [6.45, 7) is 3.72. The number of allylic oxidation sites excluding steroid dienone is 1. The number of Topliss-reactive ketones (excluding diaryl/α,β-unsaturated/α-hetero) is 1. The van der Waals surface area contributed by atoms with Gasteiger partial charge in [0.1, 0.15) is 5.78 Å². The monoisotopic (exact) mass is 192 g/mol. The molecule has 2 saturated carbocycles. The first-order valence-corrected chi connectivity index (χ1v) is 5.94. The highest BCUT2D eigenvalue weighted by molar-refractivity contribution is 5.91. The molecule has 78 valence electrons. The van der Waals surface area contributed by atoms with E-state index in [1.807, 2.05) is 6.08 Å². The van der Waals surface area contributed by atoms with Crippen LogP contribution in [0.5, 0.6) is 0 Å². The normalized spacial score (nSPS) is 35.1. The van der Waals surface area contributed by atoms with Crippen LogP contribution in [0.4, 0.5) is 0 Å². The molecule has 2 aliphatic rings. The van der Waals surface area contributed by atoms with Crippen molar-refractivity contribution in [1.82, 2.24) is 0 Å². The van der Waals surface area contributed by atoms with E-state index in [-0.39, 0.29) is 5.41 Å². The average Bonchev–Trinajstić information content (AvgIpc) is 2.51. The fourth-order valence-corrected chi connectivity index (χ4v) is 3.30. The number of fused-ring (bicyclic) bond motifs is 1. The Kier molecular flexibility index (Phi) is 2.76. The van der Waals surface area contributed by atoms with E-state index in [1.54, 1.807) is 0 Å². The third kappa shape index (κ3) is 1.43. The third-order valence-corrected chi connectivity index (χ3v) is 4.23. The largest absolute Gasteiger partial charge is 0.299 e. The van der Waals surface area contributed by atoms with Crippen LogP contribution in [-0.4, -0.2) is 5.78 Å². The predicted octanol–water partition coefficient (Wildman–Crippen LogP) is 3.49. The van der Waals surface area contributed by atoms with Crippen molar-refractivity contribution in [3.63, 3.8) is 0 Å². The summed E-state index contributed by atoms with van der Waals surface area (Å²) in [5.74, 6) is 1.33. The van der Waals surface area contributed by atoms with Gasteiger partial charge in [0.2, 0.25) is 0 Å². The van der Waals surface area contributed by atoms with Crippen molar-refractivity contribution in [2.24, 2.45) is 11.3 Å². The second-order valence-corrected chi connectivity index (χ2v) is 4.91. The average molecular weight is 192 g/mol. The molecule has 2 aliphatic carbocycles. The first-order chi connectivity index (χ1) is 6.79. The Morgan fingerprint density at radius 1 is 1.50 bits per heavy atom. The Morgan fingerprint density at radius 2 is 2.36 bits per heavy atom. The molecule has 2 unspecified atom stereocenters. The fourth-order valence-electron chi connectivity index (χ4n) is 3.30. The summed E-state index contributed by atoms with van der Waals surface area (Å²) in [4.78, 5) is 11.7.